The first-order valence-electron chi connectivity index (χ1n) is 6.32. The van der Waals surface area contributed by atoms with Crippen molar-refractivity contribution < 1.29 is 14.7 Å². The first kappa shape index (κ1) is 15.6. The van der Waals surface area contributed by atoms with Crippen LogP contribution in [0.1, 0.15) is 19.4 Å². The van der Waals surface area contributed by atoms with Crippen LogP contribution in [-0.2, 0) is 4.79 Å². The van der Waals surface area contributed by atoms with E-state index in [2.05, 4.69) is 22.5 Å². The van der Waals surface area contributed by atoms with E-state index in [9.17, 15) is 9.59 Å². The second-order valence-corrected chi connectivity index (χ2v) is 4.55. The summed E-state index contributed by atoms with van der Waals surface area (Å²) in [5, 5.41) is 13.8. The highest BCUT2D eigenvalue weighted by Crippen LogP contribution is 2.01. The summed E-state index contributed by atoms with van der Waals surface area (Å²) >= 11 is 0. The molecule has 0 aromatic heterocycles. The minimum absolute atomic E-state index is 0.158. The van der Waals surface area contributed by atoms with Crippen molar-refractivity contribution >= 4 is 12.0 Å². The summed E-state index contributed by atoms with van der Waals surface area (Å²) in [6, 6.07) is 7.95. The molecule has 1 rings (SSSR count). The first-order valence-corrected chi connectivity index (χ1v) is 6.32. The van der Waals surface area contributed by atoms with Gasteiger partial charge < -0.3 is 15.7 Å². The Kier molecular flexibility index (Phi) is 6.11. The number of benzene rings is 1. The van der Waals surface area contributed by atoms with Gasteiger partial charge in [0.1, 0.15) is 6.04 Å². The number of hydrogen-bond acceptors (Lipinski definition) is 2. The van der Waals surface area contributed by atoms with Gasteiger partial charge in [0.15, 0.2) is 0 Å². The maximum Gasteiger partial charge on any atom is 0.326 e. The zero-order chi connectivity index (χ0) is 15.0. The smallest absolute Gasteiger partial charge is 0.326 e. The topological polar surface area (TPSA) is 78.4 Å². The van der Waals surface area contributed by atoms with E-state index in [0.29, 0.717) is 0 Å². The Labute approximate surface area is 118 Å². The van der Waals surface area contributed by atoms with Crippen molar-refractivity contribution in [3.63, 3.8) is 0 Å². The standard InChI is InChI=1S/C15H18N2O3/c1-11(2)13(14(18)19)17-15(20)16-10-6-9-12-7-4-3-5-8-12/h3-5,7-8,11,13H,10H2,1-2H3,(H,18,19)(H2,16,17,20). The van der Waals surface area contributed by atoms with Crippen molar-refractivity contribution in [2.24, 2.45) is 5.92 Å². The molecule has 0 fully saturated rings. The van der Waals surface area contributed by atoms with Crippen LogP contribution in [0.25, 0.3) is 0 Å². The highest BCUT2D eigenvalue weighted by molar-refractivity contribution is 5.82. The van der Waals surface area contributed by atoms with E-state index in [-0.39, 0.29) is 12.5 Å². The normalized spacial score (nSPS) is 11.2. The fraction of sp³-hybridized carbons (Fsp3) is 0.333. The summed E-state index contributed by atoms with van der Waals surface area (Å²) in [5.74, 6) is 4.45. The number of urea groups is 1. The number of carbonyl (C=O) groups is 2. The number of nitrogens with one attached hydrogen (secondary N) is 2. The Bertz CT molecular complexity index is 515. The van der Waals surface area contributed by atoms with Gasteiger partial charge in [-0.15, -0.1) is 0 Å². The molecule has 1 aromatic rings. The van der Waals surface area contributed by atoms with E-state index in [0.717, 1.165) is 5.56 Å². The fourth-order valence-electron chi connectivity index (χ4n) is 1.50. The third kappa shape index (κ3) is 5.44. The Morgan fingerprint density at radius 3 is 2.45 bits per heavy atom. The molecule has 2 amide bonds. The van der Waals surface area contributed by atoms with Gasteiger partial charge >= 0.3 is 12.0 Å². The van der Waals surface area contributed by atoms with E-state index in [1.54, 1.807) is 13.8 Å². The Balaban J connectivity index is 2.41. The van der Waals surface area contributed by atoms with Crippen LogP contribution in [0, 0.1) is 17.8 Å². The average Bonchev–Trinajstić information content (AvgIpc) is 2.41. The van der Waals surface area contributed by atoms with E-state index in [1.165, 1.54) is 0 Å². The lowest BCUT2D eigenvalue weighted by Crippen LogP contribution is -2.48. The second-order valence-electron chi connectivity index (χ2n) is 4.55. The molecule has 5 heteroatoms. The number of rotatable bonds is 4. The van der Waals surface area contributed by atoms with Crippen molar-refractivity contribution in [1.82, 2.24) is 10.6 Å². The SMILES string of the molecule is CC(C)C(NC(=O)NCC#Cc1ccccc1)C(=O)O. The molecule has 0 spiro atoms. The number of aliphatic carboxylic acids is 1. The van der Waals surface area contributed by atoms with Crippen LogP contribution in [-0.4, -0.2) is 29.7 Å². The van der Waals surface area contributed by atoms with Gasteiger partial charge in [-0.25, -0.2) is 9.59 Å². The molecule has 0 saturated heterocycles. The highest BCUT2D eigenvalue weighted by Gasteiger charge is 2.22. The molecule has 1 aromatic carbocycles. The Morgan fingerprint density at radius 2 is 1.90 bits per heavy atom. The number of hydrogen-bond donors (Lipinski definition) is 3. The van der Waals surface area contributed by atoms with E-state index < -0.39 is 18.0 Å². The summed E-state index contributed by atoms with van der Waals surface area (Å²) < 4.78 is 0. The summed E-state index contributed by atoms with van der Waals surface area (Å²) in [6.07, 6.45) is 0. The molecule has 20 heavy (non-hydrogen) atoms. The van der Waals surface area contributed by atoms with Crippen LogP contribution in [0.3, 0.4) is 0 Å². The van der Waals surface area contributed by atoms with E-state index in [4.69, 9.17) is 5.11 Å². The van der Waals surface area contributed by atoms with Gasteiger partial charge in [0.2, 0.25) is 0 Å². The van der Waals surface area contributed by atoms with Crippen molar-refractivity contribution in [1.29, 1.82) is 0 Å². The molecular weight excluding hydrogens is 256 g/mol. The predicted octanol–water partition coefficient (Wildman–Crippen LogP) is 1.45. The van der Waals surface area contributed by atoms with Crippen molar-refractivity contribution in [3.05, 3.63) is 35.9 Å². The van der Waals surface area contributed by atoms with Gasteiger partial charge in [-0.05, 0) is 18.1 Å². The minimum atomic E-state index is -1.05. The van der Waals surface area contributed by atoms with Crippen LogP contribution < -0.4 is 10.6 Å². The maximum absolute atomic E-state index is 11.5. The lowest BCUT2D eigenvalue weighted by Gasteiger charge is -2.17. The summed E-state index contributed by atoms with van der Waals surface area (Å²) in [5.41, 5.74) is 0.861. The molecule has 1 unspecified atom stereocenters. The van der Waals surface area contributed by atoms with Crippen LogP contribution in [0.15, 0.2) is 30.3 Å². The molecule has 0 radical (unpaired) electrons. The maximum atomic E-state index is 11.5. The monoisotopic (exact) mass is 274 g/mol. The third-order valence-corrected chi connectivity index (χ3v) is 2.56. The van der Waals surface area contributed by atoms with Crippen molar-refractivity contribution in [2.75, 3.05) is 6.54 Å². The van der Waals surface area contributed by atoms with Crippen LogP contribution in [0.5, 0.6) is 0 Å². The van der Waals surface area contributed by atoms with Gasteiger partial charge in [0, 0.05) is 5.56 Å². The highest BCUT2D eigenvalue weighted by atomic mass is 16.4. The van der Waals surface area contributed by atoms with Crippen LogP contribution >= 0.6 is 0 Å². The number of carboxylic acid groups (broad SMARTS) is 1. The number of carbonyl (C=O) groups excluding carboxylic acids is 1. The Hall–Kier alpha value is -2.48. The lowest BCUT2D eigenvalue weighted by atomic mass is 10.1. The van der Waals surface area contributed by atoms with Crippen LogP contribution in [0.2, 0.25) is 0 Å². The molecule has 106 valence electrons. The molecule has 3 N–H and O–H groups in total. The van der Waals surface area contributed by atoms with Gasteiger partial charge in [0.25, 0.3) is 0 Å². The van der Waals surface area contributed by atoms with Crippen molar-refractivity contribution in [2.45, 2.75) is 19.9 Å². The number of amides is 2. The second kappa shape index (κ2) is 7.85. The van der Waals surface area contributed by atoms with Gasteiger partial charge in [-0.2, -0.15) is 0 Å². The molecule has 0 aliphatic rings. The first-order chi connectivity index (χ1) is 9.50. The molecule has 5 nitrogen and oxygen atoms in total. The number of carboxylic acids is 1. The quantitative estimate of drug-likeness (QED) is 0.727. The molecule has 0 bridgehead atoms. The van der Waals surface area contributed by atoms with Crippen molar-refractivity contribution in [3.8, 4) is 11.8 Å². The Morgan fingerprint density at radius 1 is 1.25 bits per heavy atom. The predicted molar refractivity (Wildman–Crippen MR) is 76.1 cm³/mol. The summed E-state index contributed by atoms with van der Waals surface area (Å²) in [6.45, 7) is 3.62. The van der Waals surface area contributed by atoms with Gasteiger partial charge in [-0.3, -0.25) is 0 Å². The third-order valence-electron chi connectivity index (χ3n) is 2.56. The summed E-state index contributed by atoms with van der Waals surface area (Å²) in [4.78, 5) is 22.4. The van der Waals surface area contributed by atoms with Gasteiger partial charge in [-0.1, -0.05) is 43.9 Å². The lowest BCUT2D eigenvalue weighted by molar-refractivity contribution is -0.140. The summed E-state index contributed by atoms with van der Waals surface area (Å²) in [7, 11) is 0. The molecular formula is C15H18N2O3. The minimum Gasteiger partial charge on any atom is -0.480 e. The molecule has 0 aliphatic heterocycles. The molecule has 0 aliphatic carbocycles. The average molecular weight is 274 g/mol. The largest absolute Gasteiger partial charge is 0.480 e. The fourth-order valence-corrected chi connectivity index (χ4v) is 1.50. The molecule has 0 saturated carbocycles. The van der Waals surface area contributed by atoms with E-state index in [1.807, 2.05) is 30.3 Å². The van der Waals surface area contributed by atoms with Crippen LogP contribution in [0.4, 0.5) is 4.79 Å². The zero-order valence-corrected chi connectivity index (χ0v) is 11.5. The molecule has 0 heterocycles. The zero-order valence-electron chi connectivity index (χ0n) is 11.5. The molecule has 1 atom stereocenters. The van der Waals surface area contributed by atoms with E-state index >= 15 is 0 Å². The van der Waals surface area contributed by atoms with Gasteiger partial charge in [0.05, 0.1) is 6.54 Å².